The molecule has 2 unspecified atom stereocenters. The number of amides is 1. The molecule has 0 heterocycles. The van der Waals surface area contributed by atoms with Gasteiger partial charge in [-0.05, 0) is 49.4 Å². The fourth-order valence-corrected chi connectivity index (χ4v) is 3.32. The van der Waals surface area contributed by atoms with Gasteiger partial charge in [-0.1, -0.05) is 32.6 Å². The van der Waals surface area contributed by atoms with E-state index in [1.165, 1.54) is 44.9 Å². The molecular formula is C18H28N2O. The predicted molar refractivity (Wildman–Crippen MR) is 88.7 cm³/mol. The number of anilines is 1. The van der Waals surface area contributed by atoms with Crippen molar-refractivity contribution in [1.82, 2.24) is 5.32 Å². The third-order valence-corrected chi connectivity index (χ3v) is 4.53. The van der Waals surface area contributed by atoms with Crippen LogP contribution in [-0.4, -0.2) is 19.0 Å². The Bertz CT molecular complexity index is 441. The van der Waals surface area contributed by atoms with Crippen LogP contribution in [0.2, 0.25) is 0 Å². The molecule has 1 aliphatic rings. The van der Waals surface area contributed by atoms with Crippen LogP contribution >= 0.6 is 0 Å². The van der Waals surface area contributed by atoms with E-state index in [0.717, 1.165) is 11.6 Å². The maximum Gasteiger partial charge on any atom is 0.251 e. The minimum Gasteiger partial charge on any atom is -0.382 e. The molecule has 0 radical (unpaired) electrons. The summed E-state index contributed by atoms with van der Waals surface area (Å²) in [7, 11) is 1.66. The highest BCUT2D eigenvalue weighted by Gasteiger charge is 2.18. The molecule has 3 heteroatoms. The third kappa shape index (κ3) is 4.76. The number of nitrogens with one attached hydrogen (secondary N) is 2. The first kappa shape index (κ1) is 15.9. The molecule has 1 saturated carbocycles. The zero-order chi connectivity index (χ0) is 15.1. The molecule has 116 valence electrons. The Morgan fingerprint density at radius 3 is 2.57 bits per heavy atom. The molecule has 0 aliphatic heterocycles. The van der Waals surface area contributed by atoms with E-state index in [-0.39, 0.29) is 5.91 Å². The highest BCUT2D eigenvalue weighted by molar-refractivity contribution is 5.94. The minimum atomic E-state index is -0.0292. The van der Waals surface area contributed by atoms with E-state index in [4.69, 9.17) is 0 Å². The number of carbonyl (C=O) groups is 1. The van der Waals surface area contributed by atoms with Gasteiger partial charge in [0.1, 0.15) is 0 Å². The second-order valence-corrected chi connectivity index (χ2v) is 6.16. The van der Waals surface area contributed by atoms with Gasteiger partial charge in [-0.15, -0.1) is 0 Å². The van der Waals surface area contributed by atoms with Crippen LogP contribution in [0.3, 0.4) is 0 Å². The molecule has 2 atom stereocenters. The van der Waals surface area contributed by atoms with Crippen molar-refractivity contribution in [3.63, 3.8) is 0 Å². The van der Waals surface area contributed by atoms with Crippen LogP contribution in [0, 0.1) is 5.92 Å². The maximum absolute atomic E-state index is 11.5. The first-order chi connectivity index (χ1) is 10.2. The summed E-state index contributed by atoms with van der Waals surface area (Å²) in [5.41, 5.74) is 1.84. The van der Waals surface area contributed by atoms with Crippen molar-refractivity contribution in [3.05, 3.63) is 29.8 Å². The van der Waals surface area contributed by atoms with Gasteiger partial charge in [0.15, 0.2) is 0 Å². The lowest BCUT2D eigenvalue weighted by Gasteiger charge is -2.18. The summed E-state index contributed by atoms with van der Waals surface area (Å²) in [5.74, 6) is 0.899. The van der Waals surface area contributed by atoms with Crippen LogP contribution in [-0.2, 0) is 0 Å². The van der Waals surface area contributed by atoms with Crippen LogP contribution in [0.4, 0.5) is 5.69 Å². The highest BCUT2D eigenvalue weighted by atomic mass is 16.1. The Balaban J connectivity index is 1.88. The molecule has 1 aromatic carbocycles. The summed E-state index contributed by atoms with van der Waals surface area (Å²) in [6, 6.07) is 8.38. The first-order valence-corrected chi connectivity index (χ1v) is 8.31. The van der Waals surface area contributed by atoms with Crippen molar-refractivity contribution in [2.45, 2.75) is 57.9 Å². The molecule has 1 aromatic rings. The standard InChI is InChI=1S/C18H28N2O/c1-3-5-14-6-4-7-16(11-8-14)20-17-12-9-15(10-13-17)18(21)19-2/h9-10,12-14,16,20H,3-8,11H2,1-2H3,(H,19,21). The molecule has 2 rings (SSSR count). The summed E-state index contributed by atoms with van der Waals surface area (Å²) in [5, 5.41) is 6.28. The summed E-state index contributed by atoms with van der Waals surface area (Å²) >= 11 is 0. The topological polar surface area (TPSA) is 41.1 Å². The van der Waals surface area contributed by atoms with Gasteiger partial charge in [-0.3, -0.25) is 4.79 Å². The Kier molecular flexibility index (Phi) is 6.09. The van der Waals surface area contributed by atoms with Crippen LogP contribution in [0.25, 0.3) is 0 Å². The Labute approximate surface area is 128 Å². The maximum atomic E-state index is 11.5. The molecule has 21 heavy (non-hydrogen) atoms. The summed E-state index contributed by atoms with van der Waals surface area (Å²) in [6.07, 6.45) is 9.29. The van der Waals surface area contributed by atoms with Crippen molar-refractivity contribution < 1.29 is 4.79 Å². The number of rotatable bonds is 5. The Hall–Kier alpha value is -1.51. The molecular weight excluding hydrogens is 260 g/mol. The SMILES string of the molecule is CCCC1CCCC(Nc2ccc(C(=O)NC)cc2)CC1. The molecule has 0 aromatic heterocycles. The Morgan fingerprint density at radius 1 is 1.14 bits per heavy atom. The van der Waals surface area contributed by atoms with Crippen molar-refractivity contribution in [1.29, 1.82) is 0 Å². The van der Waals surface area contributed by atoms with Crippen molar-refractivity contribution in [2.75, 3.05) is 12.4 Å². The van der Waals surface area contributed by atoms with Crippen LogP contribution in [0.1, 0.15) is 62.2 Å². The van der Waals surface area contributed by atoms with Gasteiger partial charge in [0.2, 0.25) is 0 Å². The second kappa shape index (κ2) is 8.06. The van der Waals surface area contributed by atoms with E-state index in [1.807, 2.05) is 24.3 Å². The smallest absolute Gasteiger partial charge is 0.251 e. The van der Waals surface area contributed by atoms with Crippen molar-refractivity contribution in [2.24, 2.45) is 5.92 Å². The summed E-state index contributed by atoms with van der Waals surface area (Å²) in [6.45, 7) is 2.29. The fraction of sp³-hybridized carbons (Fsp3) is 0.611. The van der Waals surface area contributed by atoms with E-state index in [9.17, 15) is 4.79 Å². The van der Waals surface area contributed by atoms with E-state index in [1.54, 1.807) is 7.05 Å². The normalized spacial score (nSPS) is 22.4. The average molecular weight is 288 g/mol. The molecule has 1 fully saturated rings. The molecule has 0 bridgehead atoms. The molecule has 2 N–H and O–H groups in total. The van der Waals surface area contributed by atoms with Crippen LogP contribution < -0.4 is 10.6 Å². The zero-order valence-corrected chi connectivity index (χ0v) is 13.3. The van der Waals surface area contributed by atoms with E-state index >= 15 is 0 Å². The van der Waals surface area contributed by atoms with Crippen molar-refractivity contribution in [3.8, 4) is 0 Å². The largest absolute Gasteiger partial charge is 0.382 e. The lowest BCUT2D eigenvalue weighted by Crippen LogP contribution is -2.19. The number of carbonyl (C=O) groups excluding carboxylic acids is 1. The minimum absolute atomic E-state index is 0.0292. The van der Waals surface area contributed by atoms with Gasteiger partial charge in [0, 0.05) is 24.3 Å². The van der Waals surface area contributed by atoms with Gasteiger partial charge >= 0.3 is 0 Å². The number of hydrogen-bond acceptors (Lipinski definition) is 2. The molecule has 3 nitrogen and oxygen atoms in total. The second-order valence-electron chi connectivity index (χ2n) is 6.16. The summed E-state index contributed by atoms with van der Waals surface area (Å²) in [4.78, 5) is 11.5. The Morgan fingerprint density at radius 2 is 1.90 bits per heavy atom. The van der Waals surface area contributed by atoms with Crippen LogP contribution in [0.15, 0.2) is 24.3 Å². The summed E-state index contributed by atoms with van der Waals surface area (Å²) < 4.78 is 0. The highest BCUT2D eigenvalue weighted by Crippen LogP contribution is 2.28. The lowest BCUT2D eigenvalue weighted by atomic mass is 9.95. The predicted octanol–water partition coefficient (Wildman–Crippen LogP) is 4.21. The van der Waals surface area contributed by atoms with E-state index in [0.29, 0.717) is 11.6 Å². The van der Waals surface area contributed by atoms with Crippen molar-refractivity contribution >= 4 is 11.6 Å². The van der Waals surface area contributed by atoms with Crippen LogP contribution in [0.5, 0.6) is 0 Å². The number of hydrogen-bond donors (Lipinski definition) is 2. The van der Waals surface area contributed by atoms with E-state index in [2.05, 4.69) is 17.6 Å². The molecule has 1 aliphatic carbocycles. The molecule has 0 spiro atoms. The zero-order valence-electron chi connectivity index (χ0n) is 13.3. The van der Waals surface area contributed by atoms with Gasteiger partial charge in [-0.2, -0.15) is 0 Å². The first-order valence-electron chi connectivity index (χ1n) is 8.31. The van der Waals surface area contributed by atoms with Gasteiger partial charge in [0.25, 0.3) is 5.91 Å². The monoisotopic (exact) mass is 288 g/mol. The van der Waals surface area contributed by atoms with E-state index < -0.39 is 0 Å². The molecule has 1 amide bonds. The third-order valence-electron chi connectivity index (χ3n) is 4.53. The number of benzene rings is 1. The quantitative estimate of drug-likeness (QED) is 0.797. The fourth-order valence-electron chi connectivity index (χ4n) is 3.32. The van der Waals surface area contributed by atoms with Gasteiger partial charge in [-0.25, -0.2) is 0 Å². The van der Waals surface area contributed by atoms with Gasteiger partial charge in [0.05, 0.1) is 0 Å². The van der Waals surface area contributed by atoms with Gasteiger partial charge < -0.3 is 10.6 Å². The molecule has 0 saturated heterocycles. The lowest BCUT2D eigenvalue weighted by molar-refractivity contribution is 0.0963. The average Bonchev–Trinajstić information content (AvgIpc) is 2.73.